The largest absolute Gasteiger partial charge is 0.368 e. The van der Waals surface area contributed by atoms with Gasteiger partial charge in [0.2, 0.25) is 0 Å². The molecule has 1 fully saturated rings. The summed E-state index contributed by atoms with van der Waals surface area (Å²) in [5.74, 6) is 0.113. The lowest BCUT2D eigenvalue weighted by atomic mass is 10.0. The second-order valence-corrected chi connectivity index (χ2v) is 7.11. The normalized spacial score (nSPS) is 14.2. The van der Waals surface area contributed by atoms with Crippen LogP contribution in [0.2, 0.25) is 0 Å². The number of aromatic nitrogens is 1. The molecule has 28 heavy (non-hydrogen) atoms. The molecular formula is C24H25N3O. The fourth-order valence-corrected chi connectivity index (χ4v) is 3.64. The molecule has 0 radical (unpaired) electrons. The summed E-state index contributed by atoms with van der Waals surface area (Å²) in [7, 11) is 0. The van der Waals surface area contributed by atoms with Gasteiger partial charge in [0.1, 0.15) is 0 Å². The van der Waals surface area contributed by atoms with Gasteiger partial charge < -0.3 is 9.80 Å². The Morgan fingerprint density at radius 1 is 0.821 bits per heavy atom. The van der Waals surface area contributed by atoms with Gasteiger partial charge in [0.15, 0.2) is 0 Å². The standard InChI is InChI=1S/C24H25N3O/c1-2-19-3-5-20(6-4-19)21-7-9-22(10-8-21)24(28)27-17-15-26(16-18-27)23-11-13-25-14-12-23/h3-14H,2,15-18H2,1H3. The first kappa shape index (κ1) is 18.2. The SMILES string of the molecule is CCc1ccc(-c2ccc(C(=O)N3CCN(c4ccncc4)CC3)cc2)cc1. The summed E-state index contributed by atoms with van der Waals surface area (Å²) in [4.78, 5) is 21.2. The molecule has 0 atom stereocenters. The van der Waals surface area contributed by atoms with Crippen molar-refractivity contribution in [2.45, 2.75) is 13.3 Å². The lowest BCUT2D eigenvalue weighted by molar-refractivity contribution is 0.0747. The average molecular weight is 371 g/mol. The maximum atomic E-state index is 12.9. The van der Waals surface area contributed by atoms with E-state index in [2.05, 4.69) is 41.1 Å². The zero-order valence-electron chi connectivity index (χ0n) is 16.2. The number of pyridine rings is 1. The van der Waals surface area contributed by atoms with Crippen molar-refractivity contribution in [1.29, 1.82) is 0 Å². The molecule has 0 aliphatic carbocycles. The number of hydrogen-bond donors (Lipinski definition) is 0. The summed E-state index contributed by atoms with van der Waals surface area (Å²) in [5, 5.41) is 0. The Balaban J connectivity index is 1.40. The molecular weight excluding hydrogens is 346 g/mol. The Hall–Kier alpha value is -3.14. The number of aryl methyl sites for hydroxylation is 1. The van der Waals surface area contributed by atoms with Gasteiger partial charge in [-0.2, -0.15) is 0 Å². The number of hydrogen-bond acceptors (Lipinski definition) is 3. The highest BCUT2D eigenvalue weighted by Gasteiger charge is 2.22. The van der Waals surface area contributed by atoms with Crippen molar-refractivity contribution in [2.24, 2.45) is 0 Å². The van der Waals surface area contributed by atoms with Crippen LogP contribution in [0.3, 0.4) is 0 Å². The van der Waals surface area contributed by atoms with Crippen LogP contribution in [0.15, 0.2) is 73.1 Å². The molecule has 1 amide bonds. The fourth-order valence-electron chi connectivity index (χ4n) is 3.64. The van der Waals surface area contributed by atoms with Gasteiger partial charge in [-0.15, -0.1) is 0 Å². The molecule has 0 N–H and O–H groups in total. The van der Waals surface area contributed by atoms with Gasteiger partial charge in [0.05, 0.1) is 0 Å². The van der Waals surface area contributed by atoms with Crippen LogP contribution < -0.4 is 4.90 Å². The molecule has 0 unspecified atom stereocenters. The van der Waals surface area contributed by atoms with Gasteiger partial charge in [-0.3, -0.25) is 9.78 Å². The maximum absolute atomic E-state index is 12.9. The molecule has 1 aliphatic heterocycles. The minimum Gasteiger partial charge on any atom is -0.368 e. The number of nitrogens with zero attached hydrogens (tertiary/aromatic N) is 3. The monoisotopic (exact) mass is 371 g/mol. The van der Waals surface area contributed by atoms with Crippen molar-refractivity contribution in [3.05, 3.63) is 84.2 Å². The van der Waals surface area contributed by atoms with Crippen molar-refractivity contribution in [3.63, 3.8) is 0 Å². The average Bonchev–Trinajstić information content (AvgIpc) is 2.79. The van der Waals surface area contributed by atoms with Crippen LogP contribution in [-0.2, 0) is 6.42 Å². The molecule has 4 heteroatoms. The molecule has 142 valence electrons. The van der Waals surface area contributed by atoms with E-state index in [1.807, 2.05) is 53.7 Å². The Labute approximate surface area is 166 Å². The Morgan fingerprint density at radius 2 is 1.39 bits per heavy atom. The Morgan fingerprint density at radius 3 is 1.96 bits per heavy atom. The van der Waals surface area contributed by atoms with E-state index in [4.69, 9.17) is 0 Å². The van der Waals surface area contributed by atoms with Gasteiger partial charge in [-0.1, -0.05) is 43.3 Å². The van der Waals surface area contributed by atoms with Gasteiger partial charge in [-0.25, -0.2) is 0 Å². The number of piperazine rings is 1. The van der Waals surface area contributed by atoms with E-state index in [1.165, 1.54) is 16.8 Å². The summed E-state index contributed by atoms with van der Waals surface area (Å²) < 4.78 is 0. The number of carbonyl (C=O) groups is 1. The molecule has 0 saturated carbocycles. The Bertz CT molecular complexity index is 912. The van der Waals surface area contributed by atoms with Crippen LogP contribution in [-0.4, -0.2) is 42.0 Å². The summed E-state index contributed by atoms with van der Waals surface area (Å²) in [5.41, 5.74) is 5.58. The number of anilines is 1. The first-order chi connectivity index (χ1) is 13.7. The van der Waals surface area contributed by atoms with E-state index in [1.54, 1.807) is 0 Å². The van der Waals surface area contributed by atoms with E-state index in [9.17, 15) is 4.79 Å². The van der Waals surface area contributed by atoms with Gasteiger partial charge in [-0.05, 0) is 47.4 Å². The van der Waals surface area contributed by atoms with Gasteiger partial charge >= 0.3 is 0 Å². The molecule has 1 aliphatic rings. The van der Waals surface area contributed by atoms with Crippen molar-refractivity contribution < 1.29 is 4.79 Å². The number of rotatable bonds is 4. The van der Waals surface area contributed by atoms with Gasteiger partial charge in [0, 0.05) is 49.8 Å². The van der Waals surface area contributed by atoms with E-state index >= 15 is 0 Å². The Kier molecular flexibility index (Phi) is 5.38. The second kappa shape index (κ2) is 8.26. The van der Waals surface area contributed by atoms with E-state index < -0.39 is 0 Å². The fraction of sp³-hybridized carbons (Fsp3) is 0.250. The van der Waals surface area contributed by atoms with Crippen LogP contribution in [0.1, 0.15) is 22.8 Å². The zero-order valence-corrected chi connectivity index (χ0v) is 16.2. The molecule has 4 rings (SSSR count). The van der Waals surface area contributed by atoms with Crippen LogP contribution in [0.4, 0.5) is 5.69 Å². The van der Waals surface area contributed by atoms with Crippen LogP contribution in [0, 0.1) is 0 Å². The van der Waals surface area contributed by atoms with Crippen molar-refractivity contribution in [3.8, 4) is 11.1 Å². The molecule has 4 nitrogen and oxygen atoms in total. The lowest BCUT2D eigenvalue weighted by Gasteiger charge is -2.36. The van der Waals surface area contributed by atoms with Crippen molar-refractivity contribution in [2.75, 3.05) is 31.1 Å². The predicted octanol–water partition coefficient (Wildman–Crippen LogP) is 4.27. The number of benzene rings is 2. The van der Waals surface area contributed by atoms with Crippen molar-refractivity contribution in [1.82, 2.24) is 9.88 Å². The van der Waals surface area contributed by atoms with Crippen LogP contribution >= 0.6 is 0 Å². The maximum Gasteiger partial charge on any atom is 0.253 e. The third-order valence-corrected chi connectivity index (χ3v) is 5.42. The summed E-state index contributed by atoms with van der Waals surface area (Å²) in [6, 6.07) is 20.6. The smallest absolute Gasteiger partial charge is 0.253 e. The molecule has 0 bridgehead atoms. The highest BCUT2D eigenvalue weighted by Crippen LogP contribution is 2.22. The topological polar surface area (TPSA) is 36.4 Å². The predicted molar refractivity (Wildman–Crippen MR) is 114 cm³/mol. The highest BCUT2D eigenvalue weighted by atomic mass is 16.2. The minimum absolute atomic E-state index is 0.113. The highest BCUT2D eigenvalue weighted by molar-refractivity contribution is 5.95. The molecule has 3 aromatic rings. The first-order valence-electron chi connectivity index (χ1n) is 9.88. The summed E-state index contributed by atoms with van der Waals surface area (Å²) in [6.07, 6.45) is 4.66. The second-order valence-electron chi connectivity index (χ2n) is 7.11. The number of carbonyl (C=O) groups excluding carboxylic acids is 1. The lowest BCUT2D eigenvalue weighted by Crippen LogP contribution is -2.48. The molecule has 2 heterocycles. The third-order valence-electron chi connectivity index (χ3n) is 5.42. The number of amides is 1. The zero-order chi connectivity index (χ0) is 19.3. The van der Waals surface area contributed by atoms with E-state index in [0.29, 0.717) is 0 Å². The first-order valence-corrected chi connectivity index (χ1v) is 9.88. The molecule has 1 saturated heterocycles. The summed E-state index contributed by atoms with van der Waals surface area (Å²) >= 11 is 0. The van der Waals surface area contributed by atoms with E-state index in [-0.39, 0.29) is 5.91 Å². The molecule has 2 aromatic carbocycles. The minimum atomic E-state index is 0.113. The van der Waals surface area contributed by atoms with Crippen LogP contribution in [0.25, 0.3) is 11.1 Å². The van der Waals surface area contributed by atoms with E-state index in [0.717, 1.165) is 43.7 Å². The van der Waals surface area contributed by atoms with Crippen molar-refractivity contribution >= 4 is 11.6 Å². The van der Waals surface area contributed by atoms with Crippen LogP contribution in [0.5, 0.6) is 0 Å². The summed E-state index contributed by atoms with van der Waals surface area (Å²) in [6.45, 7) is 5.32. The molecule has 1 aromatic heterocycles. The third kappa shape index (κ3) is 3.91. The van der Waals surface area contributed by atoms with Gasteiger partial charge in [0.25, 0.3) is 5.91 Å². The molecule has 0 spiro atoms. The quantitative estimate of drug-likeness (QED) is 0.687.